The summed E-state index contributed by atoms with van der Waals surface area (Å²) >= 11 is 0. The second-order valence-corrected chi connectivity index (χ2v) is 7.55. The molecule has 0 aliphatic carbocycles. The van der Waals surface area contributed by atoms with E-state index in [4.69, 9.17) is 14.4 Å². The first kappa shape index (κ1) is 31.5. The van der Waals surface area contributed by atoms with Gasteiger partial charge in [0.15, 0.2) is 5.25 Å². The average Bonchev–Trinajstić information content (AvgIpc) is 2.48. The van der Waals surface area contributed by atoms with E-state index in [0.717, 1.165) is 19.3 Å². The van der Waals surface area contributed by atoms with E-state index < -0.39 is 33.7 Å². The molecule has 0 rings (SSSR count). The summed E-state index contributed by atoms with van der Waals surface area (Å²) in [6.45, 7) is 2.22. The molecule has 0 aromatic heterocycles. The summed E-state index contributed by atoms with van der Waals surface area (Å²) in [5.41, 5.74) is 0. The molecule has 10 heteroatoms. The maximum absolute atomic E-state index is 11.6. The van der Waals surface area contributed by atoms with E-state index in [1.807, 2.05) is 0 Å². The summed E-state index contributed by atoms with van der Waals surface area (Å²) < 4.78 is 35.6. The third-order valence-electron chi connectivity index (χ3n) is 3.72. The van der Waals surface area contributed by atoms with Gasteiger partial charge < -0.3 is 9.84 Å². The summed E-state index contributed by atoms with van der Waals surface area (Å²) in [5, 5.41) is 6.52. The molecule has 142 valence electrons. The van der Waals surface area contributed by atoms with E-state index in [1.54, 1.807) is 0 Å². The third-order valence-corrected chi connectivity index (χ3v) is 4.80. The smallest absolute Gasteiger partial charge is 0.481 e. The van der Waals surface area contributed by atoms with Gasteiger partial charge in [-0.1, -0.05) is 64.7 Å². The molecule has 2 N–H and O–H groups in total. The number of rotatable bonds is 15. The van der Waals surface area contributed by atoms with Crippen molar-refractivity contribution in [3.8, 4) is 0 Å². The Hall–Kier alpha value is 0.850. The molecule has 0 heterocycles. The number of carboxylic acid groups (broad SMARTS) is 1. The molecule has 1 unspecified atom stereocenters. The topological polar surface area (TPSA) is 118 Å². The van der Waals surface area contributed by atoms with Gasteiger partial charge in [0.2, 0.25) is 0 Å². The number of aliphatic carboxylic acids is 1. The quantitative estimate of drug-likeness (QED) is 0.129. The zero-order valence-electron chi connectivity index (χ0n) is 16.4. The van der Waals surface area contributed by atoms with Crippen molar-refractivity contribution in [2.24, 2.45) is 0 Å². The minimum Gasteiger partial charge on any atom is -0.481 e. The molecule has 0 saturated carbocycles. The molecule has 0 aromatic carbocycles. The molecule has 0 saturated heterocycles. The maximum Gasteiger partial charge on any atom is 1.00 e. The maximum atomic E-state index is 11.6. The van der Waals surface area contributed by atoms with Crippen LogP contribution in [-0.4, -0.2) is 41.9 Å². The van der Waals surface area contributed by atoms with Gasteiger partial charge in [0.05, 0.1) is 13.0 Å². The monoisotopic (exact) mass is 412 g/mol. The van der Waals surface area contributed by atoms with Crippen molar-refractivity contribution in [3.05, 3.63) is 0 Å². The minimum atomic E-state index is -4.78. The fourth-order valence-electron chi connectivity index (χ4n) is 2.32. The SMILES string of the molecule is CCCCCCCCCCCCOC(=O)C(CC(=O)O)S(=O)(=O)O.[Na+].[Na+]. The summed E-state index contributed by atoms with van der Waals surface area (Å²) in [4.78, 5) is 22.1. The van der Waals surface area contributed by atoms with Crippen molar-refractivity contribution in [3.63, 3.8) is 0 Å². The van der Waals surface area contributed by atoms with Gasteiger partial charge in [-0.2, -0.15) is 8.42 Å². The van der Waals surface area contributed by atoms with Crippen LogP contribution >= 0.6 is 0 Å². The summed E-state index contributed by atoms with van der Waals surface area (Å²) in [7, 11) is -4.78. The second kappa shape index (κ2) is 19.2. The van der Waals surface area contributed by atoms with E-state index in [1.165, 1.54) is 38.5 Å². The van der Waals surface area contributed by atoms with Gasteiger partial charge in [-0.05, 0) is 6.42 Å². The van der Waals surface area contributed by atoms with Crippen LogP contribution in [0.3, 0.4) is 0 Å². The Kier molecular flexibility index (Phi) is 23.3. The standard InChI is InChI=1S/C16H30O7S.2Na/c1-2-3-4-5-6-7-8-9-10-11-12-23-16(19)14(13-15(17)18)24(20,21)22;;/h14H,2-13H2,1H3,(H,17,18)(H,20,21,22);;/q;2*+1. The minimum absolute atomic E-state index is 0. The van der Waals surface area contributed by atoms with Crippen LogP contribution in [0.25, 0.3) is 0 Å². The zero-order valence-corrected chi connectivity index (χ0v) is 21.2. The van der Waals surface area contributed by atoms with E-state index in [9.17, 15) is 18.0 Å². The fourth-order valence-corrected chi connectivity index (χ4v) is 2.99. The van der Waals surface area contributed by atoms with Crippen molar-refractivity contribution in [1.82, 2.24) is 0 Å². The van der Waals surface area contributed by atoms with Crippen LogP contribution in [0.2, 0.25) is 0 Å². The number of carbonyl (C=O) groups is 2. The van der Waals surface area contributed by atoms with Gasteiger partial charge >= 0.3 is 71.1 Å². The molecule has 0 fully saturated rings. The summed E-state index contributed by atoms with van der Waals surface area (Å²) in [6, 6.07) is 0. The molecule has 7 nitrogen and oxygen atoms in total. The number of esters is 1. The van der Waals surface area contributed by atoms with Crippen LogP contribution in [-0.2, 0) is 24.4 Å². The number of hydrogen-bond acceptors (Lipinski definition) is 5. The molecule has 0 radical (unpaired) electrons. The van der Waals surface area contributed by atoms with Crippen LogP contribution in [0.5, 0.6) is 0 Å². The number of unbranched alkanes of at least 4 members (excludes halogenated alkanes) is 9. The van der Waals surface area contributed by atoms with Gasteiger partial charge in [-0.15, -0.1) is 0 Å². The van der Waals surface area contributed by atoms with Crippen molar-refractivity contribution in [2.45, 2.75) is 82.8 Å². The van der Waals surface area contributed by atoms with Gasteiger partial charge in [-0.25, -0.2) is 0 Å². The van der Waals surface area contributed by atoms with Crippen molar-refractivity contribution >= 4 is 22.1 Å². The summed E-state index contributed by atoms with van der Waals surface area (Å²) in [6.07, 6.45) is 10.1. The Balaban J connectivity index is -0.00000264. The first-order valence-corrected chi connectivity index (χ1v) is 10.1. The largest absolute Gasteiger partial charge is 1.00 e. The molecule has 0 bridgehead atoms. The van der Waals surface area contributed by atoms with E-state index in [0.29, 0.717) is 6.42 Å². The Labute approximate surface area is 201 Å². The predicted octanol–water partition coefficient (Wildman–Crippen LogP) is -2.81. The number of carbonyl (C=O) groups excluding carboxylic acids is 1. The van der Waals surface area contributed by atoms with E-state index in [-0.39, 0.29) is 65.7 Å². The molecule has 26 heavy (non-hydrogen) atoms. The van der Waals surface area contributed by atoms with Crippen LogP contribution in [0.15, 0.2) is 0 Å². The molecule has 0 aliphatic heterocycles. The van der Waals surface area contributed by atoms with Crippen LogP contribution in [0, 0.1) is 0 Å². The molecule has 0 aromatic rings. The van der Waals surface area contributed by atoms with Gasteiger partial charge in [0.1, 0.15) is 0 Å². The predicted molar refractivity (Wildman–Crippen MR) is 90.4 cm³/mol. The van der Waals surface area contributed by atoms with Crippen molar-refractivity contribution < 1.29 is 91.5 Å². The average molecular weight is 412 g/mol. The molecule has 0 aliphatic rings. The normalized spacial score (nSPS) is 11.8. The Bertz CT molecular complexity index is 469. The molecule has 1 atom stereocenters. The number of ether oxygens (including phenoxy) is 1. The van der Waals surface area contributed by atoms with Crippen LogP contribution in [0.4, 0.5) is 0 Å². The van der Waals surface area contributed by atoms with Crippen molar-refractivity contribution in [1.29, 1.82) is 0 Å². The Morgan fingerprint density at radius 2 is 1.31 bits per heavy atom. The van der Waals surface area contributed by atoms with E-state index in [2.05, 4.69) is 6.92 Å². The van der Waals surface area contributed by atoms with Gasteiger partial charge in [0.25, 0.3) is 10.1 Å². The number of hydrogen-bond donors (Lipinski definition) is 2. The van der Waals surface area contributed by atoms with E-state index >= 15 is 0 Å². The van der Waals surface area contributed by atoms with Gasteiger partial charge in [-0.3, -0.25) is 14.1 Å². The molecular weight excluding hydrogens is 382 g/mol. The Morgan fingerprint density at radius 1 is 0.885 bits per heavy atom. The number of carboxylic acids is 1. The molecule has 0 spiro atoms. The first-order valence-electron chi connectivity index (χ1n) is 8.63. The van der Waals surface area contributed by atoms with Crippen molar-refractivity contribution in [2.75, 3.05) is 6.61 Å². The summed E-state index contributed by atoms with van der Waals surface area (Å²) in [5.74, 6) is -2.70. The van der Waals surface area contributed by atoms with Crippen LogP contribution in [0.1, 0.15) is 77.6 Å². The second-order valence-electron chi connectivity index (χ2n) is 5.95. The Morgan fingerprint density at radius 3 is 1.69 bits per heavy atom. The third kappa shape index (κ3) is 18.2. The molecule has 0 amide bonds. The fraction of sp³-hybridized carbons (Fsp3) is 0.875. The van der Waals surface area contributed by atoms with Crippen LogP contribution < -0.4 is 59.1 Å². The molecular formula is C16H30Na2O7S+2. The van der Waals surface area contributed by atoms with Gasteiger partial charge in [0, 0.05) is 0 Å². The first-order chi connectivity index (χ1) is 11.3. The zero-order chi connectivity index (χ0) is 18.4.